The number of nitrogens with zero attached hydrogens (tertiary/aromatic N) is 1. The first-order valence-electron chi connectivity index (χ1n) is 8.41. The van der Waals surface area contributed by atoms with E-state index in [4.69, 9.17) is 5.73 Å². The molecule has 2 N–H and O–H groups in total. The fourth-order valence-electron chi connectivity index (χ4n) is 4.43. The predicted octanol–water partition coefficient (Wildman–Crippen LogP) is 3.65. The molecule has 112 valence electrons. The van der Waals surface area contributed by atoms with Crippen LogP contribution in [0.15, 0.2) is 0 Å². The molecule has 1 saturated carbocycles. The van der Waals surface area contributed by atoms with E-state index in [0.717, 1.165) is 18.4 Å². The summed E-state index contributed by atoms with van der Waals surface area (Å²) < 4.78 is 0. The van der Waals surface area contributed by atoms with Gasteiger partial charge in [-0.1, -0.05) is 34.1 Å². The minimum atomic E-state index is 0.307. The summed E-state index contributed by atoms with van der Waals surface area (Å²) in [6, 6.07) is 0. The van der Waals surface area contributed by atoms with Crippen molar-refractivity contribution >= 4 is 0 Å². The Morgan fingerprint density at radius 2 is 1.79 bits per heavy atom. The first-order valence-corrected chi connectivity index (χ1v) is 8.41. The number of hydrogen-bond donors (Lipinski definition) is 1. The van der Waals surface area contributed by atoms with Crippen LogP contribution in [0.25, 0.3) is 0 Å². The second-order valence-electron chi connectivity index (χ2n) is 7.74. The topological polar surface area (TPSA) is 29.3 Å². The van der Waals surface area contributed by atoms with E-state index in [2.05, 4.69) is 32.6 Å². The fraction of sp³-hybridized carbons (Fsp3) is 1.00. The summed E-state index contributed by atoms with van der Waals surface area (Å²) in [5, 5.41) is 0. The Bertz CT molecular complexity index is 294. The normalized spacial score (nSPS) is 40.3. The molecule has 1 heterocycles. The monoisotopic (exact) mass is 266 g/mol. The van der Waals surface area contributed by atoms with Crippen LogP contribution in [-0.2, 0) is 0 Å². The van der Waals surface area contributed by atoms with E-state index in [1.807, 2.05) is 0 Å². The molecular formula is C17H34N2. The van der Waals surface area contributed by atoms with E-state index >= 15 is 0 Å². The lowest BCUT2D eigenvalue weighted by Crippen LogP contribution is -2.62. The summed E-state index contributed by atoms with van der Waals surface area (Å²) in [4.78, 5) is 2.76. The van der Waals surface area contributed by atoms with Crippen LogP contribution in [0.4, 0.5) is 0 Å². The van der Waals surface area contributed by atoms with Crippen LogP contribution in [0.5, 0.6) is 0 Å². The van der Waals surface area contributed by atoms with Crippen molar-refractivity contribution in [1.29, 1.82) is 0 Å². The second kappa shape index (κ2) is 5.73. The number of hydrogen-bond acceptors (Lipinski definition) is 2. The van der Waals surface area contributed by atoms with Gasteiger partial charge in [0.1, 0.15) is 0 Å². The molecular weight excluding hydrogens is 232 g/mol. The van der Waals surface area contributed by atoms with Gasteiger partial charge >= 0.3 is 0 Å². The highest BCUT2D eigenvalue weighted by Crippen LogP contribution is 2.44. The number of rotatable bonds is 3. The van der Waals surface area contributed by atoms with Gasteiger partial charge in [-0.3, -0.25) is 4.90 Å². The van der Waals surface area contributed by atoms with Crippen molar-refractivity contribution in [3.05, 3.63) is 0 Å². The molecule has 19 heavy (non-hydrogen) atoms. The van der Waals surface area contributed by atoms with E-state index in [-0.39, 0.29) is 0 Å². The van der Waals surface area contributed by atoms with Crippen LogP contribution < -0.4 is 5.73 Å². The maximum atomic E-state index is 6.26. The van der Waals surface area contributed by atoms with E-state index in [9.17, 15) is 0 Å². The first kappa shape index (κ1) is 15.3. The molecule has 1 aliphatic carbocycles. The Morgan fingerprint density at radius 1 is 1.16 bits per heavy atom. The molecule has 0 amide bonds. The molecule has 0 aromatic carbocycles. The second-order valence-corrected chi connectivity index (χ2v) is 7.74. The quantitative estimate of drug-likeness (QED) is 0.845. The van der Waals surface area contributed by atoms with Gasteiger partial charge in [0.2, 0.25) is 0 Å². The van der Waals surface area contributed by atoms with Gasteiger partial charge in [0, 0.05) is 12.1 Å². The highest BCUT2D eigenvalue weighted by Gasteiger charge is 2.45. The lowest BCUT2D eigenvalue weighted by molar-refractivity contribution is -0.0357. The average molecular weight is 266 g/mol. The summed E-state index contributed by atoms with van der Waals surface area (Å²) in [7, 11) is 0. The summed E-state index contributed by atoms with van der Waals surface area (Å²) in [5.74, 6) is 1.65. The van der Waals surface area contributed by atoms with E-state index < -0.39 is 0 Å². The van der Waals surface area contributed by atoms with Crippen molar-refractivity contribution < 1.29 is 0 Å². The Balaban J connectivity index is 2.07. The molecule has 0 radical (unpaired) electrons. The minimum absolute atomic E-state index is 0.307. The molecule has 2 heteroatoms. The number of nitrogens with two attached hydrogens (primary N) is 1. The van der Waals surface area contributed by atoms with E-state index in [1.165, 1.54) is 51.6 Å². The SMILES string of the molecule is CCC1(C)CCN(C2(CN)CCC(C)CC2C)CC1. The minimum Gasteiger partial charge on any atom is -0.329 e. The zero-order valence-electron chi connectivity index (χ0n) is 13.5. The fourth-order valence-corrected chi connectivity index (χ4v) is 4.43. The maximum absolute atomic E-state index is 6.26. The van der Waals surface area contributed by atoms with Gasteiger partial charge in [0.25, 0.3) is 0 Å². The summed E-state index contributed by atoms with van der Waals surface area (Å²) in [6.45, 7) is 13.0. The van der Waals surface area contributed by atoms with Gasteiger partial charge in [-0.05, 0) is 62.4 Å². The molecule has 3 atom stereocenters. The molecule has 2 fully saturated rings. The molecule has 0 spiro atoms. The van der Waals surface area contributed by atoms with Crippen molar-refractivity contribution in [1.82, 2.24) is 4.90 Å². The highest BCUT2D eigenvalue weighted by atomic mass is 15.2. The van der Waals surface area contributed by atoms with Gasteiger partial charge < -0.3 is 5.73 Å². The van der Waals surface area contributed by atoms with Crippen molar-refractivity contribution in [2.24, 2.45) is 23.0 Å². The van der Waals surface area contributed by atoms with Crippen LogP contribution in [0.2, 0.25) is 0 Å². The lowest BCUT2D eigenvalue weighted by atomic mass is 9.67. The summed E-state index contributed by atoms with van der Waals surface area (Å²) in [5.41, 5.74) is 7.15. The Labute approximate surface area is 120 Å². The molecule has 2 nitrogen and oxygen atoms in total. The molecule has 0 bridgehead atoms. The van der Waals surface area contributed by atoms with E-state index in [0.29, 0.717) is 11.0 Å². The third-order valence-corrected chi connectivity index (χ3v) is 6.55. The Hall–Kier alpha value is -0.0800. The van der Waals surface area contributed by atoms with Gasteiger partial charge in [-0.25, -0.2) is 0 Å². The zero-order chi connectivity index (χ0) is 14.1. The summed E-state index contributed by atoms with van der Waals surface area (Å²) >= 11 is 0. The maximum Gasteiger partial charge on any atom is 0.0357 e. The van der Waals surface area contributed by atoms with Crippen LogP contribution in [0, 0.1) is 17.3 Å². The third kappa shape index (κ3) is 2.85. The van der Waals surface area contributed by atoms with Crippen molar-refractivity contribution in [3.8, 4) is 0 Å². The highest BCUT2D eigenvalue weighted by molar-refractivity contribution is 5.01. The van der Waals surface area contributed by atoms with Gasteiger partial charge in [-0.2, -0.15) is 0 Å². The van der Waals surface area contributed by atoms with Gasteiger partial charge in [-0.15, -0.1) is 0 Å². The predicted molar refractivity (Wildman–Crippen MR) is 83.2 cm³/mol. The molecule has 1 saturated heterocycles. The summed E-state index contributed by atoms with van der Waals surface area (Å²) in [6.07, 6.45) is 8.07. The van der Waals surface area contributed by atoms with Crippen molar-refractivity contribution in [2.45, 2.75) is 71.8 Å². The molecule has 3 unspecified atom stereocenters. The van der Waals surface area contributed by atoms with Gasteiger partial charge in [0.15, 0.2) is 0 Å². The van der Waals surface area contributed by atoms with Crippen molar-refractivity contribution in [2.75, 3.05) is 19.6 Å². The lowest BCUT2D eigenvalue weighted by Gasteiger charge is -2.54. The third-order valence-electron chi connectivity index (χ3n) is 6.55. The molecule has 2 rings (SSSR count). The zero-order valence-corrected chi connectivity index (χ0v) is 13.5. The van der Waals surface area contributed by atoms with Crippen LogP contribution >= 0.6 is 0 Å². The average Bonchev–Trinajstić information content (AvgIpc) is 2.41. The Kier molecular flexibility index (Phi) is 4.62. The van der Waals surface area contributed by atoms with Gasteiger partial charge in [0.05, 0.1) is 0 Å². The molecule has 0 aromatic heterocycles. The van der Waals surface area contributed by atoms with E-state index in [1.54, 1.807) is 0 Å². The van der Waals surface area contributed by atoms with Crippen LogP contribution in [0.3, 0.4) is 0 Å². The number of likely N-dealkylation sites (tertiary alicyclic amines) is 1. The Morgan fingerprint density at radius 3 is 2.26 bits per heavy atom. The standard InChI is InChI=1S/C17H34N2/c1-5-16(4)8-10-19(11-9-16)17(13-18)7-6-14(2)12-15(17)3/h14-15H,5-13,18H2,1-4H3. The van der Waals surface area contributed by atoms with Crippen LogP contribution in [0.1, 0.15) is 66.2 Å². The smallest absolute Gasteiger partial charge is 0.0357 e. The number of piperidine rings is 1. The largest absolute Gasteiger partial charge is 0.329 e. The molecule has 0 aromatic rings. The molecule has 1 aliphatic heterocycles. The van der Waals surface area contributed by atoms with Crippen molar-refractivity contribution in [3.63, 3.8) is 0 Å². The molecule has 2 aliphatic rings. The first-order chi connectivity index (χ1) is 8.96. The van der Waals surface area contributed by atoms with Crippen LogP contribution in [-0.4, -0.2) is 30.1 Å².